The number of anilines is 1. The van der Waals surface area contributed by atoms with Gasteiger partial charge in [-0.25, -0.2) is 9.69 Å². The van der Waals surface area contributed by atoms with Crippen LogP contribution in [0.2, 0.25) is 5.02 Å². The molecular weight excluding hydrogens is 714 g/mol. The minimum atomic E-state index is -0.839. The zero-order valence-corrected chi connectivity index (χ0v) is 23.3. The van der Waals surface area contributed by atoms with Gasteiger partial charge in [-0.3, -0.25) is 14.9 Å². The maximum atomic E-state index is 13.2. The fraction of sp³-hybridized carbons (Fsp3) is 0.0800. The normalized spacial score (nSPS) is 15.9. The molecule has 8 nitrogen and oxygen atoms in total. The SMILES string of the molecule is O=C1NC(=O)N(c2ccc3c(c2)OCO3)C(=O)/C1=C/c1cc(I)c(OCc2ccccc2Cl)c(I)c1. The van der Waals surface area contributed by atoms with Gasteiger partial charge in [0.15, 0.2) is 11.5 Å². The molecule has 1 fully saturated rings. The molecule has 36 heavy (non-hydrogen) atoms. The third-order valence-corrected chi connectivity index (χ3v) is 7.35. The minimum absolute atomic E-state index is 0.0535. The summed E-state index contributed by atoms with van der Waals surface area (Å²) in [6, 6.07) is 14.8. The Balaban J connectivity index is 1.42. The molecule has 4 amide bonds. The summed E-state index contributed by atoms with van der Waals surface area (Å²) in [6.45, 7) is 0.345. The largest absolute Gasteiger partial charge is 0.487 e. The summed E-state index contributed by atoms with van der Waals surface area (Å²) in [4.78, 5) is 39.2. The number of fused-ring (bicyclic) bond motifs is 1. The molecule has 0 bridgehead atoms. The third-order valence-electron chi connectivity index (χ3n) is 5.38. The van der Waals surface area contributed by atoms with Crippen LogP contribution >= 0.6 is 56.8 Å². The smallest absolute Gasteiger partial charge is 0.335 e. The topological polar surface area (TPSA) is 94.2 Å². The Morgan fingerprint density at radius 3 is 2.47 bits per heavy atom. The molecule has 0 aromatic heterocycles. The summed E-state index contributed by atoms with van der Waals surface area (Å²) in [7, 11) is 0. The summed E-state index contributed by atoms with van der Waals surface area (Å²) in [6.07, 6.45) is 1.45. The van der Waals surface area contributed by atoms with Crippen LogP contribution in [-0.4, -0.2) is 24.6 Å². The molecule has 0 spiro atoms. The lowest BCUT2D eigenvalue weighted by molar-refractivity contribution is -0.122. The van der Waals surface area contributed by atoms with Gasteiger partial charge < -0.3 is 14.2 Å². The fourth-order valence-corrected chi connectivity index (χ4v) is 5.97. The molecule has 3 aromatic rings. The van der Waals surface area contributed by atoms with E-state index >= 15 is 0 Å². The van der Waals surface area contributed by atoms with E-state index < -0.39 is 17.8 Å². The molecule has 0 atom stereocenters. The predicted molar refractivity (Wildman–Crippen MR) is 149 cm³/mol. The highest BCUT2D eigenvalue weighted by Gasteiger charge is 2.37. The Morgan fingerprint density at radius 2 is 1.72 bits per heavy atom. The Hall–Kier alpha value is -2.84. The van der Waals surface area contributed by atoms with Gasteiger partial charge in [-0.1, -0.05) is 29.8 Å². The second kappa shape index (κ2) is 10.3. The van der Waals surface area contributed by atoms with Crippen LogP contribution in [0.3, 0.4) is 0 Å². The van der Waals surface area contributed by atoms with Crippen LogP contribution in [0.4, 0.5) is 10.5 Å². The van der Waals surface area contributed by atoms with Crippen molar-refractivity contribution in [2.24, 2.45) is 0 Å². The summed E-state index contributed by atoms with van der Waals surface area (Å²) in [5.41, 5.74) is 1.54. The van der Waals surface area contributed by atoms with Gasteiger partial charge in [0, 0.05) is 16.7 Å². The lowest BCUT2D eigenvalue weighted by atomic mass is 10.1. The van der Waals surface area contributed by atoms with Crippen LogP contribution in [-0.2, 0) is 16.2 Å². The van der Waals surface area contributed by atoms with E-state index in [1.807, 2.05) is 18.2 Å². The molecule has 2 heterocycles. The van der Waals surface area contributed by atoms with Crippen molar-refractivity contribution in [1.82, 2.24) is 5.32 Å². The van der Waals surface area contributed by atoms with E-state index in [1.165, 1.54) is 12.1 Å². The van der Waals surface area contributed by atoms with Gasteiger partial charge in [0.2, 0.25) is 6.79 Å². The maximum absolute atomic E-state index is 13.2. The number of imide groups is 2. The highest BCUT2D eigenvalue weighted by atomic mass is 127. The number of carbonyl (C=O) groups excluding carboxylic acids is 3. The summed E-state index contributed by atoms with van der Waals surface area (Å²) < 4.78 is 18.2. The van der Waals surface area contributed by atoms with Gasteiger partial charge in [-0.2, -0.15) is 0 Å². The number of barbiturate groups is 1. The van der Waals surface area contributed by atoms with Crippen molar-refractivity contribution in [3.8, 4) is 17.2 Å². The Bertz CT molecular complexity index is 1440. The van der Waals surface area contributed by atoms with Crippen LogP contribution in [0.15, 0.2) is 60.2 Å². The van der Waals surface area contributed by atoms with Crippen molar-refractivity contribution in [3.63, 3.8) is 0 Å². The second-order valence-electron chi connectivity index (χ2n) is 7.69. The molecule has 11 heteroatoms. The molecule has 5 rings (SSSR count). The van der Waals surface area contributed by atoms with Crippen molar-refractivity contribution < 1.29 is 28.6 Å². The van der Waals surface area contributed by atoms with Crippen molar-refractivity contribution in [3.05, 3.63) is 83.5 Å². The molecule has 2 aliphatic heterocycles. The summed E-state index contributed by atoms with van der Waals surface area (Å²) >= 11 is 10.5. The minimum Gasteiger partial charge on any atom is -0.487 e. The van der Waals surface area contributed by atoms with Gasteiger partial charge in [0.1, 0.15) is 17.9 Å². The molecule has 182 valence electrons. The van der Waals surface area contributed by atoms with Crippen molar-refractivity contribution >= 4 is 86.4 Å². The Morgan fingerprint density at radius 1 is 1.00 bits per heavy atom. The first-order valence-corrected chi connectivity index (χ1v) is 13.0. The average molecular weight is 729 g/mol. The van der Waals surface area contributed by atoms with Gasteiger partial charge in [0.25, 0.3) is 11.8 Å². The van der Waals surface area contributed by atoms with Crippen molar-refractivity contribution in [1.29, 1.82) is 0 Å². The number of hydrogen-bond donors (Lipinski definition) is 1. The number of ether oxygens (including phenoxy) is 3. The summed E-state index contributed by atoms with van der Waals surface area (Å²) in [5.74, 6) is 0.0658. The number of nitrogens with one attached hydrogen (secondary N) is 1. The molecule has 3 aromatic carbocycles. The highest BCUT2D eigenvalue weighted by molar-refractivity contribution is 14.1. The number of halogens is 3. The quantitative estimate of drug-likeness (QED) is 0.211. The lowest BCUT2D eigenvalue weighted by Gasteiger charge is -2.26. The van der Waals surface area contributed by atoms with Gasteiger partial charge >= 0.3 is 6.03 Å². The van der Waals surface area contributed by atoms with Crippen LogP contribution in [0.1, 0.15) is 11.1 Å². The molecular formula is C25H15ClI2N2O6. The first kappa shape index (κ1) is 24.8. The van der Waals surface area contributed by atoms with Crippen LogP contribution in [0.25, 0.3) is 6.08 Å². The Labute approximate surface area is 237 Å². The first-order chi connectivity index (χ1) is 17.3. The number of urea groups is 1. The van der Waals surface area contributed by atoms with Crippen LogP contribution in [0, 0.1) is 7.14 Å². The molecule has 1 saturated heterocycles. The fourth-order valence-electron chi connectivity index (χ4n) is 3.65. The number of benzene rings is 3. The predicted octanol–water partition coefficient (Wildman–Crippen LogP) is 5.52. The van der Waals surface area contributed by atoms with Gasteiger partial charge in [-0.15, -0.1) is 0 Å². The van der Waals surface area contributed by atoms with E-state index in [1.54, 1.807) is 30.3 Å². The molecule has 1 N–H and O–H groups in total. The van der Waals surface area contributed by atoms with Crippen molar-refractivity contribution in [2.75, 3.05) is 11.7 Å². The van der Waals surface area contributed by atoms with Crippen LogP contribution < -0.4 is 24.4 Å². The lowest BCUT2D eigenvalue weighted by Crippen LogP contribution is -2.54. The van der Waals surface area contributed by atoms with E-state index in [9.17, 15) is 14.4 Å². The Kier molecular flexibility index (Phi) is 7.08. The van der Waals surface area contributed by atoms with Crippen molar-refractivity contribution in [2.45, 2.75) is 6.61 Å². The van der Waals surface area contributed by atoms with E-state index in [2.05, 4.69) is 50.5 Å². The van der Waals surface area contributed by atoms with Gasteiger partial charge in [0.05, 0.1) is 12.8 Å². The molecule has 0 radical (unpaired) electrons. The number of nitrogens with zero attached hydrogens (tertiary/aromatic N) is 1. The standard InChI is InChI=1S/C25H15ClI2N2O6/c26-17-4-2-1-3-14(17)11-34-22-18(27)8-13(9-19(22)28)7-16-23(31)29-25(33)30(24(16)32)15-5-6-20-21(10-15)36-12-35-20/h1-10H,11-12H2,(H,29,31,33)/b16-7+. The molecule has 2 aliphatic rings. The van der Waals surface area contributed by atoms with E-state index in [-0.39, 0.29) is 18.1 Å². The first-order valence-electron chi connectivity index (χ1n) is 10.5. The van der Waals surface area contributed by atoms with E-state index in [4.69, 9.17) is 25.8 Å². The molecule has 0 aliphatic carbocycles. The molecule has 0 unspecified atom stereocenters. The maximum Gasteiger partial charge on any atom is 0.335 e. The number of carbonyl (C=O) groups is 3. The second-order valence-corrected chi connectivity index (χ2v) is 10.4. The average Bonchev–Trinajstić information content (AvgIpc) is 3.30. The number of rotatable bonds is 5. The van der Waals surface area contributed by atoms with E-state index in [0.29, 0.717) is 34.4 Å². The van der Waals surface area contributed by atoms with Crippen LogP contribution in [0.5, 0.6) is 17.2 Å². The monoisotopic (exact) mass is 728 g/mol. The van der Waals surface area contributed by atoms with Gasteiger partial charge in [-0.05, 0) is 87.2 Å². The zero-order valence-electron chi connectivity index (χ0n) is 18.2. The zero-order chi connectivity index (χ0) is 25.4. The summed E-state index contributed by atoms with van der Waals surface area (Å²) in [5, 5.41) is 2.84. The highest BCUT2D eigenvalue weighted by Crippen LogP contribution is 2.37. The van der Waals surface area contributed by atoms with E-state index in [0.717, 1.165) is 17.6 Å². The molecule has 0 saturated carbocycles. The number of amides is 4. The number of hydrogen-bond acceptors (Lipinski definition) is 6. The third kappa shape index (κ3) is 4.89.